The van der Waals surface area contributed by atoms with E-state index in [2.05, 4.69) is 16.7 Å². The predicted octanol–water partition coefficient (Wildman–Crippen LogP) is 4.36. The van der Waals surface area contributed by atoms with Crippen molar-refractivity contribution in [3.05, 3.63) is 72.6 Å². The SMILES string of the molecule is C=CCN(Cc1nc(-c2ccc(OC)cc2)no1)C(=O)c1cccc(OC(C)C)c1. The minimum Gasteiger partial charge on any atom is -0.497 e. The van der Waals surface area contributed by atoms with Gasteiger partial charge in [-0.1, -0.05) is 17.3 Å². The van der Waals surface area contributed by atoms with Crippen LogP contribution in [0.5, 0.6) is 11.5 Å². The molecule has 0 spiro atoms. The smallest absolute Gasteiger partial charge is 0.254 e. The van der Waals surface area contributed by atoms with Crippen LogP contribution < -0.4 is 9.47 Å². The fraction of sp³-hybridized carbons (Fsp3) is 0.261. The van der Waals surface area contributed by atoms with Gasteiger partial charge in [0.15, 0.2) is 0 Å². The van der Waals surface area contributed by atoms with E-state index in [0.717, 1.165) is 11.3 Å². The Balaban J connectivity index is 1.76. The normalized spacial score (nSPS) is 10.7. The Morgan fingerprint density at radius 1 is 1.20 bits per heavy atom. The first-order valence-corrected chi connectivity index (χ1v) is 9.64. The maximum absolute atomic E-state index is 13.0. The van der Waals surface area contributed by atoms with Gasteiger partial charge >= 0.3 is 0 Å². The molecule has 7 heteroatoms. The molecular weight excluding hydrogens is 382 g/mol. The zero-order chi connectivity index (χ0) is 21.5. The Morgan fingerprint density at radius 2 is 1.97 bits per heavy atom. The van der Waals surface area contributed by atoms with E-state index in [1.54, 1.807) is 36.3 Å². The number of benzene rings is 2. The molecular formula is C23H25N3O4. The number of aromatic nitrogens is 2. The average Bonchev–Trinajstić information content (AvgIpc) is 3.21. The largest absolute Gasteiger partial charge is 0.497 e. The first-order chi connectivity index (χ1) is 14.5. The van der Waals surface area contributed by atoms with E-state index in [4.69, 9.17) is 14.0 Å². The Labute approximate surface area is 175 Å². The van der Waals surface area contributed by atoms with Crippen molar-refractivity contribution in [2.45, 2.75) is 26.5 Å². The molecule has 3 rings (SSSR count). The van der Waals surface area contributed by atoms with Crippen LogP contribution in [0.25, 0.3) is 11.4 Å². The molecule has 0 N–H and O–H groups in total. The molecule has 0 bridgehead atoms. The molecule has 1 aromatic heterocycles. The summed E-state index contributed by atoms with van der Waals surface area (Å²) in [4.78, 5) is 19.1. The van der Waals surface area contributed by atoms with E-state index in [9.17, 15) is 4.79 Å². The maximum Gasteiger partial charge on any atom is 0.254 e. The van der Waals surface area contributed by atoms with Crippen molar-refractivity contribution in [1.82, 2.24) is 15.0 Å². The van der Waals surface area contributed by atoms with Gasteiger partial charge in [-0.2, -0.15) is 4.98 Å². The second kappa shape index (κ2) is 9.73. The zero-order valence-corrected chi connectivity index (χ0v) is 17.4. The van der Waals surface area contributed by atoms with Gasteiger partial charge in [-0.15, -0.1) is 6.58 Å². The summed E-state index contributed by atoms with van der Waals surface area (Å²) in [6, 6.07) is 14.5. The summed E-state index contributed by atoms with van der Waals surface area (Å²) in [6.45, 7) is 8.14. The van der Waals surface area contributed by atoms with Crippen LogP contribution in [0.3, 0.4) is 0 Å². The van der Waals surface area contributed by atoms with Crippen LogP contribution in [0.2, 0.25) is 0 Å². The monoisotopic (exact) mass is 407 g/mol. The van der Waals surface area contributed by atoms with Gasteiger partial charge in [-0.25, -0.2) is 0 Å². The number of nitrogens with zero attached hydrogens (tertiary/aromatic N) is 3. The van der Waals surface area contributed by atoms with E-state index in [-0.39, 0.29) is 18.6 Å². The van der Waals surface area contributed by atoms with Crippen LogP contribution >= 0.6 is 0 Å². The summed E-state index contributed by atoms with van der Waals surface area (Å²) >= 11 is 0. The number of carbonyl (C=O) groups is 1. The molecule has 1 heterocycles. The quantitative estimate of drug-likeness (QED) is 0.491. The van der Waals surface area contributed by atoms with Crippen LogP contribution in [0.4, 0.5) is 0 Å². The van der Waals surface area contributed by atoms with Crippen molar-refractivity contribution in [3.8, 4) is 22.9 Å². The molecule has 0 aliphatic rings. The second-order valence-corrected chi connectivity index (χ2v) is 6.91. The Kier molecular flexibility index (Phi) is 6.85. The van der Waals surface area contributed by atoms with Crippen LogP contribution in [-0.4, -0.2) is 40.7 Å². The van der Waals surface area contributed by atoms with Gasteiger partial charge in [0, 0.05) is 17.7 Å². The van der Waals surface area contributed by atoms with Gasteiger partial charge in [0.2, 0.25) is 11.7 Å². The third-order valence-electron chi connectivity index (χ3n) is 4.23. The number of rotatable bonds is 9. The van der Waals surface area contributed by atoms with Crippen molar-refractivity contribution in [2.75, 3.05) is 13.7 Å². The summed E-state index contributed by atoms with van der Waals surface area (Å²) < 4.78 is 16.2. The molecule has 30 heavy (non-hydrogen) atoms. The number of amides is 1. The van der Waals surface area contributed by atoms with Crippen LogP contribution in [0.15, 0.2) is 65.7 Å². The highest BCUT2D eigenvalue weighted by Crippen LogP contribution is 2.21. The summed E-state index contributed by atoms with van der Waals surface area (Å²) in [5, 5.41) is 4.02. The molecule has 0 radical (unpaired) electrons. The fourth-order valence-corrected chi connectivity index (χ4v) is 2.87. The highest BCUT2D eigenvalue weighted by Gasteiger charge is 2.19. The van der Waals surface area contributed by atoms with Crippen molar-refractivity contribution in [3.63, 3.8) is 0 Å². The molecule has 0 aliphatic carbocycles. The standard InChI is InChI=1S/C23H25N3O4/c1-5-13-26(23(27)18-7-6-8-20(14-18)29-16(2)3)15-21-24-22(25-30-21)17-9-11-19(28-4)12-10-17/h5-12,14,16H,1,13,15H2,2-4H3. The van der Waals surface area contributed by atoms with E-state index in [1.807, 2.05) is 44.2 Å². The van der Waals surface area contributed by atoms with Gasteiger partial charge in [-0.3, -0.25) is 4.79 Å². The number of ether oxygens (including phenoxy) is 2. The molecule has 156 valence electrons. The molecule has 0 fully saturated rings. The van der Waals surface area contributed by atoms with Gasteiger partial charge in [-0.05, 0) is 56.3 Å². The lowest BCUT2D eigenvalue weighted by molar-refractivity contribution is 0.0744. The van der Waals surface area contributed by atoms with Crippen molar-refractivity contribution >= 4 is 5.91 Å². The van der Waals surface area contributed by atoms with Crippen LogP contribution in [0, 0.1) is 0 Å². The highest BCUT2D eigenvalue weighted by molar-refractivity contribution is 5.94. The minimum absolute atomic E-state index is 0.0226. The van der Waals surface area contributed by atoms with E-state index in [1.165, 1.54) is 0 Å². The first-order valence-electron chi connectivity index (χ1n) is 9.64. The average molecular weight is 407 g/mol. The van der Waals surface area contributed by atoms with Gasteiger partial charge < -0.3 is 18.9 Å². The summed E-state index contributed by atoms with van der Waals surface area (Å²) in [5.41, 5.74) is 1.32. The summed E-state index contributed by atoms with van der Waals surface area (Å²) in [5.74, 6) is 2.01. The summed E-state index contributed by atoms with van der Waals surface area (Å²) in [6.07, 6.45) is 1.68. The Morgan fingerprint density at radius 3 is 2.63 bits per heavy atom. The molecule has 1 amide bonds. The van der Waals surface area contributed by atoms with Crippen molar-refractivity contribution in [1.29, 1.82) is 0 Å². The second-order valence-electron chi connectivity index (χ2n) is 6.91. The van der Waals surface area contributed by atoms with Gasteiger partial charge in [0.05, 0.1) is 13.2 Å². The lowest BCUT2D eigenvalue weighted by Gasteiger charge is -2.19. The van der Waals surface area contributed by atoms with Gasteiger partial charge in [0.25, 0.3) is 5.91 Å². The molecule has 0 aliphatic heterocycles. The molecule has 2 aromatic carbocycles. The lowest BCUT2D eigenvalue weighted by atomic mass is 10.2. The number of carbonyl (C=O) groups excluding carboxylic acids is 1. The Hall–Kier alpha value is -3.61. The van der Waals surface area contributed by atoms with E-state index >= 15 is 0 Å². The highest BCUT2D eigenvalue weighted by atomic mass is 16.5. The molecule has 0 atom stereocenters. The van der Waals surface area contributed by atoms with Crippen molar-refractivity contribution < 1.29 is 18.8 Å². The van der Waals surface area contributed by atoms with Crippen LogP contribution in [0.1, 0.15) is 30.1 Å². The third-order valence-corrected chi connectivity index (χ3v) is 4.23. The zero-order valence-electron chi connectivity index (χ0n) is 17.4. The maximum atomic E-state index is 13.0. The molecule has 0 saturated carbocycles. The number of hydrogen-bond donors (Lipinski definition) is 0. The lowest BCUT2D eigenvalue weighted by Crippen LogP contribution is -2.30. The Bertz CT molecular complexity index is 996. The predicted molar refractivity (Wildman–Crippen MR) is 113 cm³/mol. The number of methoxy groups -OCH3 is 1. The molecule has 7 nitrogen and oxygen atoms in total. The topological polar surface area (TPSA) is 77.7 Å². The molecule has 3 aromatic rings. The molecule has 0 unspecified atom stereocenters. The van der Waals surface area contributed by atoms with Crippen molar-refractivity contribution in [2.24, 2.45) is 0 Å². The van der Waals surface area contributed by atoms with Crippen LogP contribution in [-0.2, 0) is 6.54 Å². The first kappa shape index (κ1) is 21.1. The minimum atomic E-state index is -0.173. The van der Waals surface area contributed by atoms with E-state index < -0.39 is 0 Å². The molecule has 0 saturated heterocycles. The fourth-order valence-electron chi connectivity index (χ4n) is 2.87. The van der Waals surface area contributed by atoms with Gasteiger partial charge in [0.1, 0.15) is 18.0 Å². The third kappa shape index (κ3) is 5.26. The number of hydrogen-bond acceptors (Lipinski definition) is 6. The van der Waals surface area contributed by atoms with E-state index in [0.29, 0.717) is 29.6 Å². The summed E-state index contributed by atoms with van der Waals surface area (Å²) in [7, 11) is 1.61.